The number of hydrogen-bond acceptors (Lipinski definition) is 4. The topological polar surface area (TPSA) is 107 Å². The molecule has 1 rings (SSSR count). The zero-order valence-electron chi connectivity index (χ0n) is 9.31. The quantitative estimate of drug-likeness (QED) is 0.587. The fourth-order valence-electron chi connectivity index (χ4n) is 1.13. The highest BCUT2D eigenvalue weighted by Gasteiger charge is 2.04. The number of carbonyl (C=O) groups is 2. The molecule has 6 heteroatoms. The maximum absolute atomic E-state index is 11.3. The highest BCUT2D eigenvalue weighted by Crippen LogP contribution is 2.19. The maximum Gasteiger partial charge on any atom is 0.257 e. The smallest absolute Gasteiger partial charge is 0.257 e. The first kappa shape index (κ1) is 12.8. The van der Waals surface area contributed by atoms with Gasteiger partial charge < -0.3 is 21.5 Å². The Labute approximate surface area is 98.9 Å². The van der Waals surface area contributed by atoms with Crippen LogP contribution < -0.4 is 21.5 Å². The lowest BCUT2D eigenvalue weighted by Crippen LogP contribution is -2.31. The lowest BCUT2D eigenvalue weighted by atomic mass is 10.3. The number of nitrogens with one attached hydrogen (secondary N) is 1. The number of primary amides is 1. The van der Waals surface area contributed by atoms with Gasteiger partial charge in [0.1, 0.15) is 5.75 Å². The molecule has 0 saturated heterocycles. The van der Waals surface area contributed by atoms with Gasteiger partial charge in [0.25, 0.3) is 5.91 Å². The molecule has 6 nitrogen and oxygen atoms in total. The standard InChI is InChI=1S/C11H15N3O3/c12-8-3-1-2-4-9(8)17-7-11(16)14-6-5-10(13)15/h1-4H,5-7,12H2,(H2,13,15)(H,14,16). The van der Waals surface area contributed by atoms with E-state index in [1.54, 1.807) is 24.3 Å². The number of benzene rings is 1. The van der Waals surface area contributed by atoms with Gasteiger partial charge in [-0.15, -0.1) is 0 Å². The summed E-state index contributed by atoms with van der Waals surface area (Å²) >= 11 is 0. The molecule has 1 aromatic carbocycles. The van der Waals surface area contributed by atoms with Crippen molar-refractivity contribution in [1.29, 1.82) is 0 Å². The molecule has 0 fully saturated rings. The van der Waals surface area contributed by atoms with Crippen LogP contribution in [0.2, 0.25) is 0 Å². The molecule has 0 aliphatic heterocycles. The summed E-state index contributed by atoms with van der Waals surface area (Å²) in [6, 6.07) is 6.89. The van der Waals surface area contributed by atoms with Crippen molar-refractivity contribution in [3.8, 4) is 5.75 Å². The Kier molecular flexibility index (Phi) is 4.80. The van der Waals surface area contributed by atoms with E-state index in [2.05, 4.69) is 5.32 Å². The normalized spacial score (nSPS) is 9.65. The van der Waals surface area contributed by atoms with Crippen LogP contribution in [0.15, 0.2) is 24.3 Å². The lowest BCUT2D eigenvalue weighted by Gasteiger charge is -2.08. The van der Waals surface area contributed by atoms with Crippen molar-refractivity contribution >= 4 is 17.5 Å². The molecule has 0 aromatic heterocycles. The zero-order chi connectivity index (χ0) is 12.7. The molecule has 0 aliphatic carbocycles. The Balaban J connectivity index is 2.29. The molecule has 92 valence electrons. The van der Waals surface area contributed by atoms with Crippen LogP contribution in [0, 0.1) is 0 Å². The minimum absolute atomic E-state index is 0.110. The van der Waals surface area contributed by atoms with Gasteiger partial charge in [0, 0.05) is 13.0 Å². The summed E-state index contributed by atoms with van der Waals surface area (Å²) in [5.74, 6) is -0.328. The second-order valence-corrected chi connectivity index (χ2v) is 3.39. The van der Waals surface area contributed by atoms with Gasteiger partial charge in [-0.05, 0) is 12.1 Å². The van der Waals surface area contributed by atoms with E-state index in [1.165, 1.54) is 0 Å². The van der Waals surface area contributed by atoms with E-state index in [4.69, 9.17) is 16.2 Å². The van der Waals surface area contributed by atoms with Gasteiger partial charge in [-0.1, -0.05) is 12.1 Å². The Bertz CT molecular complexity index is 407. The van der Waals surface area contributed by atoms with Gasteiger partial charge in [-0.2, -0.15) is 0 Å². The highest BCUT2D eigenvalue weighted by molar-refractivity contribution is 5.79. The Morgan fingerprint density at radius 3 is 2.65 bits per heavy atom. The highest BCUT2D eigenvalue weighted by atomic mass is 16.5. The maximum atomic E-state index is 11.3. The fraction of sp³-hybridized carbons (Fsp3) is 0.273. The number of anilines is 1. The minimum Gasteiger partial charge on any atom is -0.482 e. The van der Waals surface area contributed by atoms with Crippen molar-refractivity contribution in [2.24, 2.45) is 5.73 Å². The molecule has 0 atom stereocenters. The van der Waals surface area contributed by atoms with E-state index in [0.29, 0.717) is 11.4 Å². The number of amides is 2. The van der Waals surface area contributed by atoms with Gasteiger partial charge in [-0.3, -0.25) is 9.59 Å². The van der Waals surface area contributed by atoms with Crippen LogP contribution in [0.1, 0.15) is 6.42 Å². The number of nitrogens with two attached hydrogens (primary N) is 2. The van der Waals surface area contributed by atoms with E-state index in [-0.39, 0.29) is 25.5 Å². The number of nitrogen functional groups attached to an aromatic ring is 1. The zero-order valence-corrected chi connectivity index (χ0v) is 9.31. The molecule has 0 bridgehead atoms. The monoisotopic (exact) mass is 237 g/mol. The Morgan fingerprint density at radius 1 is 1.29 bits per heavy atom. The molecule has 0 aliphatic rings. The average Bonchev–Trinajstić information content (AvgIpc) is 2.27. The molecule has 1 aromatic rings. The van der Waals surface area contributed by atoms with Crippen molar-refractivity contribution in [2.45, 2.75) is 6.42 Å². The van der Waals surface area contributed by atoms with Crippen LogP contribution in [0.5, 0.6) is 5.75 Å². The third kappa shape index (κ3) is 4.87. The van der Waals surface area contributed by atoms with Gasteiger partial charge in [0.2, 0.25) is 5.91 Å². The third-order valence-electron chi connectivity index (χ3n) is 1.97. The van der Waals surface area contributed by atoms with Crippen LogP contribution in [0.3, 0.4) is 0 Å². The SMILES string of the molecule is NC(=O)CCNC(=O)COc1ccccc1N. The predicted octanol–water partition coefficient (Wildman–Crippen LogP) is -0.361. The second kappa shape index (κ2) is 6.37. The second-order valence-electron chi connectivity index (χ2n) is 3.39. The fourth-order valence-corrected chi connectivity index (χ4v) is 1.13. The van der Waals surface area contributed by atoms with E-state index in [1.807, 2.05) is 0 Å². The van der Waals surface area contributed by atoms with Crippen molar-refractivity contribution in [2.75, 3.05) is 18.9 Å². The Hall–Kier alpha value is -2.24. The first-order valence-electron chi connectivity index (χ1n) is 5.12. The Morgan fingerprint density at radius 2 is 2.00 bits per heavy atom. The van der Waals surface area contributed by atoms with Gasteiger partial charge in [0.15, 0.2) is 6.61 Å². The van der Waals surface area contributed by atoms with Crippen LogP contribution in [-0.2, 0) is 9.59 Å². The number of para-hydroxylation sites is 2. The third-order valence-corrected chi connectivity index (χ3v) is 1.97. The molecule has 0 spiro atoms. The largest absolute Gasteiger partial charge is 0.482 e. The summed E-state index contributed by atoms with van der Waals surface area (Å²) in [6.45, 7) is 0.0643. The summed E-state index contributed by atoms with van der Waals surface area (Å²) < 4.78 is 5.20. The number of carbonyl (C=O) groups excluding carboxylic acids is 2. The van der Waals surface area contributed by atoms with Gasteiger partial charge >= 0.3 is 0 Å². The first-order chi connectivity index (χ1) is 8.09. The van der Waals surface area contributed by atoms with Crippen LogP contribution in [-0.4, -0.2) is 25.0 Å². The molecule has 5 N–H and O–H groups in total. The van der Waals surface area contributed by atoms with Crippen molar-refractivity contribution in [3.05, 3.63) is 24.3 Å². The first-order valence-corrected chi connectivity index (χ1v) is 5.12. The number of ether oxygens (including phenoxy) is 1. The number of rotatable bonds is 6. The molecule has 2 amide bonds. The van der Waals surface area contributed by atoms with Crippen molar-refractivity contribution in [1.82, 2.24) is 5.32 Å². The van der Waals surface area contributed by atoms with Gasteiger partial charge in [-0.25, -0.2) is 0 Å². The van der Waals surface area contributed by atoms with Crippen LogP contribution in [0.25, 0.3) is 0 Å². The predicted molar refractivity (Wildman–Crippen MR) is 63.2 cm³/mol. The summed E-state index contributed by atoms with van der Waals surface area (Å²) in [7, 11) is 0. The summed E-state index contributed by atoms with van der Waals surface area (Å²) in [5, 5.41) is 2.50. The molecular weight excluding hydrogens is 222 g/mol. The van der Waals surface area contributed by atoms with E-state index < -0.39 is 5.91 Å². The molecule has 0 radical (unpaired) electrons. The summed E-state index contributed by atoms with van der Waals surface area (Å²) in [6.07, 6.45) is 0.110. The van der Waals surface area contributed by atoms with E-state index in [9.17, 15) is 9.59 Å². The van der Waals surface area contributed by atoms with Gasteiger partial charge in [0.05, 0.1) is 5.69 Å². The van der Waals surface area contributed by atoms with Crippen LogP contribution >= 0.6 is 0 Å². The molecule has 0 saturated carbocycles. The summed E-state index contributed by atoms with van der Waals surface area (Å²) in [5.41, 5.74) is 11.0. The minimum atomic E-state index is -0.460. The van der Waals surface area contributed by atoms with Crippen molar-refractivity contribution < 1.29 is 14.3 Å². The molecule has 0 unspecified atom stereocenters. The average molecular weight is 237 g/mol. The van der Waals surface area contributed by atoms with E-state index >= 15 is 0 Å². The summed E-state index contributed by atoms with van der Waals surface area (Å²) in [4.78, 5) is 21.7. The van der Waals surface area contributed by atoms with E-state index in [0.717, 1.165) is 0 Å². The van der Waals surface area contributed by atoms with Crippen LogP contribution in [0.4, 0.5) is 5.69 Å². The molecule has 0 heterocycles. The van der Waals surface area contributed by atoms with Crippen molar-refractivity contribution in [3.63, 3.8) is 0 Å². The number of hydrogen-bond donors (Lipinski definition) is 3. The lowest BCUT2D eigenvalue weighted by molar-refractivity contribution is -0.123. The molecule has 17 heavy (non-hydrogen) atoms. The molecular formula is C11H15N3O3.